The number of pyridine rings is 1. The predicted octanol–water partition coefficient (Wildman–Crippen LogP) is 14.0. The van der Waals surface area contributed by atoms with E-state index in [0.29, 0.717) is 17.5 Å². The zero-order valence-corrected chi connectivity index (χ0v) is 31.8. The highest BCUT2D eigenvalue weighted by Crippen LogP contribution is 2.43. The van der Waals surface area contributed by atoms with Crippen molar-refractivity contribution in [2.45, 2.75) is 0 Å². The van der Waals surface area contributed by atoms with Gasteiger partial charge in [0.1, 0.15) is 11.3 Å². The summed E-state index contributed by atoms with van der Waals surface area (Å²) in [6.45, 7) is 0. The Morgan fingerprint density at radius 3 is 1.47 bits per heavy atom. The first-order valence-corrected chi connectivity index (χ1v) is 19.7. The van der Waals surface area contributed by atoms with Gasteiger partial charge in [-0.2, -0.15) is 0 Å². The summed E-state index contributed by atoms with van der Waals surface area (Å²) < 4.78 is 6.60. The molecule has 0 unspecified atom stereocenters. The van der Waals surface area contributed by atoms with Crippen LogP contribution in [-0.4, -0.2) is 19.9 Å². The Hall–Kier alpha value is -8.02. The van der Waals surface area contributed by atoms with E-state index in [-0.39, 0.29) is 0 Å². The third-order valence-corrected chi connectivity index (χ3v) is 10.9. The number of fused-ring (bicyclic) bond motifs is 5. The molecule has 59 heavy (non-hydrogen) atoms. The molecular formula is C54H34N4O. The molecule has 0 aliphatic heterocycles. The van der Waals surface area contributed by atoms with Crippen LogP contribution in [0.25, 0.3) is 112 Å². The van der Waals surface area contributed by atoms with E-state index in [1.807, 2.05) is 66.7 Å². The molecule has 0 spiro atoms. The zero-order chi connectivity index (χ0) is 39.1. The molecule has 3 heterocycles. The number of para-hydroxylation sites is 1. The van der Waals surface area contributed by atoms with Crippen molar-refractivity contribution >= 4 is 32.8 Å². The highest BCUT2D eigenvalue weighted by Gasteiger charge is 2.20. The molecule has 5 nitrogen and oxygen atoms in total. The van der Waals surface area contributed by atoms with E-state index in [1.165, 1.54) is 5.56 Å². The van der Waals surface area contributed by atoms with Crippen LogP contribution in [-0.2, 0) is 0 Å². The van der Waals surface area contributed by atoms with E-state index >= 15 is 0 Å². The van der Waals surface area contributed by atoms with Gasteiger partial charge < -0.3 is 4.42 Å². The summed E-state index contributed by atoms with van der Waals surface area (Å²) in [5, 5.41) is 3.21. The fourth-order valence-corrected chi connectivity index (χ4v) is 8.06. The summed E-state index contributed by atoms with van der Waals surface area (Å²) >= 11 is 0. The maximum Gasteiger partial charge on any atom is 0.164 e. The second kappa shape index (κ2) is 14.5. The number of nitrogens with zero attached hydrogens (tertiary/aromatic N) is 4. The second-order valence-corrected chi connectivity index (χ2v) is 14.6. The van der Waals surface area contributed by atoms with E-state index in [0.717, 1.165) is 88.6 Å². The molecule has 0 amide bonds. The van der Waals surface area contributed by atoms with Gasteiger partial charge in [0.05, 0.1) is 5.52 Å². The van der Waals surface area contributed by atoms with Crippen molar-refractivity contribution in [3.05, 3.63) is 206 Å². The fraction of sp³-hybridized carbons (Fsp3) is 0. The van der Waals surface area contributed by atoms with E-state index in [9.17, 15) is 0 Å². The topological polar surface area (TPSA) is 64.7 Å². The monoisotopic (exact) mass is 754 g/mol. The molecule has 11 aromatic rings. The largest absolute Gasteiger partial charge is 0.454 e. The summed E-state index contributed by atoms with van der Waals surface area (Å²) in [5.41, 5.74) is 13.8. The van der Waals surface area contributed by atoms with Gasteiger partial charge in [-0.25, -0.2) is 19.9 Å². The molecule has 0 aliphatic rings. The smallest absolute Gasteiger partial charge is 0.164 e. The lowest BCUT2D eigenvalue weighted by molar-refractivity contribution is 0.669. The Kier molecular flexibility index (Phi) is 8.41. The summed E-state index contributed by atoms with van der Waals surface area (Å²) in [7, 11) is 0. The van der Waals surface area contributed by atoms with Gasteiger partial charge in [-0.05, 0) is 57.6 Å². The van der Waals surface area contributed by atoms with Crippen molar-refractivity contribution in [3.63, 3.8) is 0 Å². The third-order valence-electron chi connectivity index (χ3n) is 10.9. The van der Waals surface area contributed by atoms with Crippen LogP contribution in [0.15, 0.2) is 211 Å². The molecule has 276 valence electrons. The van der Waals surface area contributed by atoms with Crippen LogP contribution in [0.4, 0.5) is 0 Å². The van der Waals surface area contributed by atoms with Crippen LogP contribution in [0.2, 0.25) is 0 Å². The Morgan fingerprint density at radius 2 is 0.780 bits per heavy atom. The highest BCUT2D eigenvalue weighted by atomic mass is 16.3. The minimum atomic E-state index is 0.613. The minimum absolute atomic E-state index is 0.613. The van der Waals surface area contributed by atoms with Gasteiger partial charge in [0.2, 0.25) is 0 Å². The molecule has 0 aliphatic carbocycles. The summed E-state index contributed by atoms with van der Waals surface area (Å²) in [6.07, 6.45) is 0. The van der Waals surface area contributed by atoms with Crippen LogP contribution >= 0.6 is 0 Å². The van der Waals surface area contributed by atoms with Crippen LogP contribution in [0, 0.1) is 0 Å². The van der Waals surface area contributed by atoms with Gasteiger partial charge in [0.25, 0.3) is 0 Å². The lowest BCUT2D eigenvalue weighted by atomic mass is 9.93. The van der Waals surface area contributed by atoms with Crippen molar-refractivity contribution < 1.29 is 4.42 Å². The third kappa shape index (κ3) is 6.32. The maximum atomic E-state index is 6.60. The average molecular weight is 755 g/mol. The van der Waals surface area contributed by atoms with Crippen molar-refractivity contribution in [1.29, 1.82) is 0 Å². The lowest BCUT2D eigenvalue weighted by Crippen LogP contribution is -2.00. The molecule has 0 bridgehead atoms. The molecule has 5 heteroatoms. The average Bonchev–Trinajstić information content (AvgIpc) is 3.72. The molecule has 0 atom stereocenters. The molecule has 3 aromatic heterocycles. The van der Waals surface area contributed by atoms with E-state index in [2.05, 4.69) is 140 Å². The number of hydrogen-bond acceptors (Lipinski definition) is 5. The van der Waals surface area contributed by atoms with Crippen LogP contribution < -0.4 is 0 Å². The van der Waals surface area contributed by atoms with Crippen LogP contribution in [0.3, 0.4) is 0 Å². The van der Waals surface area contributed by atoms with Crippen molar-refractivity contribution in [2.75, 3.05) is 0 Å². The first-order chi connectivity index (χ1) is 29.2. The van der Waals surface area contributed by atoms with Crippen LogP contribution in [0.5, 0.6) is 0 Å². The number of rotatable bonds is 7. The second-order valence-electron chi connectivity index (χ2n) is 14.6. The molecular weight excluding hydrogens is 721 g/mol. The standard InChI is InChI=1S/C54H34N4O/c1-4-15-35(16-5-1)36-29-31-39(32-30-36)53-56-52(38-19-8-3-9-20-38)57-54(58-53)43-24-13-22-41(34-43)40-21-12-23-42(33-40)44-26-14-27-46-48(44)49-45-25-10-11-28-47(45)59-51(49)50(55-46)37-17-6-2-7-18-37/h1-34H. The first kappa shape index (κ1) is 34.2. The number of benzene rings is 8. The molecule has 0 N–H and O–H groups in total. The normalized spacial score (nSPS) is 11.4. The zero-order valence-electron chi connectivity index (χ0n) is 31.8. The number of hydrogen-bond donors (Lipinski definition) is 0. The quantitative estimate of drug-likeness (QED) is 0.162. The van der Waals surface area contributed by atoms with E-state index in [1.54, 1.807) is 0 Å². The van der Waals surface area contributed by atoms with Gasteiger partial charge in [-0.3, -0.25) is 0 Å². The molecule has 11 rings (SSSR count). The number of furan rings is 1. The fourth-order valence-electron chi connectivity index (χ4n) is 8.06. The molecule has 0 fully saturated rings. The molecule has 0 saturated heterocycles. The Bertz CT molecular complexity index is 3310. The van der Waals surface area contributed by atoms with Crippen molar-refractivity contribution in [3.8, 4) is 78.8 Å². The minimum Gasteiger partial charge on any atom is -0.454 e. The molecule has 0 saturated carbocycles. The maximum absolute atomic E-state index is 6.60. The Labute approximate surface area is 341 Å². The van der Waals surface area contributed by atoms with Crippen LogP contribution in [0.1, 0.15) is 0 Å². The van der Waals surface area contributed by atoms with Gasteiger partial charge >= 0.3 is 0 Å². The summed E-state index contributed by atoms with van der Waals surface area (Å²) in [5.74, 6) is 1.87. The SMILES string of the molecule is c1ccc(-c2ccc(-c3nc(-c4ccccc4)nc(-c4cccc(-c5cccc(-c6cccc7nc(-c8ccccc8)c8oc9ccccc9c8c67)c5)c4)n3)cc2)cc1. The number of aromatic nitrogens is 4. The van der Waals surface area contributed by atoms with E-state index < -0.39 is 0 Å². The Balaban J connectivity index is 1.02. The Morgan fingerprint density at radius 1 is 0.305 bits per heavy atom. The molecule has 8 aromatic carbocycles. The first-order valence-electron chi connectivity index (χ1n) is 19.7. The summed E-state index contributed by atoms with van der Waals surface area (Å²) in [4.78, 5) is 20.3. The highest BCUT2D eigenvalue weighted by molar-refractivity contribution is 6.24. The van der Waals surface area contributed by atoms with Crippen molar-refractivity contribution in [2.24, 2.45) is 0 Å². The summed E-state index contributed by atoms with van der Waals surface area (Å²) in [6, 6.07) is 71.0. The van der Waals surface area contributed by atoms with Gasteiger partial charge in [-0.15, -0.1) is 0 Å². The van der Waals surface area contributed by atoms with Gasteiger partial charge in [0, 0.05) is 38.4 Å². The predicted molar refractivity (Wildman–Crippen MR) is 240 cm³/mol. The van der Waals surface area contributed by atoms with Crippen molar-refractivity contribution in [1.82, 2.24) is 19.9 Å². The lowest BCUT2D eigenvalue weighted by Gasteiger charge is -2.13. The van der Waals surface area contributed by atoms with Gasteiger partial charge in [0.15, 0.2) is 23.1 Å². The molecule has 0 radical (unpaired) electrons. The van der Waals surface area contributed by atoms with Gasteiger partial charge in [-0.1, -0.05) is 182 Å². The van der Waals surface area contributed by atoms with E-state index in [4.69, 9.17) is 24.4 Å².